The van der Waals surface area contributed by atoms with E-state index in [-0.39, 0.29) is 23.2 Å². The number of rotatable bonds is 7. The van der Waals surface area contributed by atoms with Gasteiger partial charge in [0.2, 0.25) is 0 Å². The number of nitrogens with zero attached hydrogens (tertiary/aromatic N) is 2. The Labute approximate surface area is 173 Å². The van der Waals surface area contributed by atoms with Gasteiger partial charge in [-0.15, -0.1) is 0 Å². The molecule has 1 amide bonds. The molecule has 9 heteroatoms. The number of esters is 1. The van der Waals surface area contributed by atoms with Gasteiger partial charge in [-0.3, -0.25) is 14.9 Å². The molecule has 0 saturated carbocycles. The zero-order valence-corrected chi connectivity index (χ0v) is 16.7. The number of non-ortho nitro benzene ring substituents is 1. The van der Waals surface area contributed by atoms with Gasteiger partial charge in [0.1, 0.15) is 11.5 Å². The van der Waals surface area contributed by atoms with Gasteiger partial charge in [0.15, 0.2) is 6.61 Å². The van der Waals surface area contributed by atoms with Crippen LogP contribution in [0.1, 0.15) is 34.8 Å². The summed E-state index contributed by atoms with van der Waals surface area (Å²) in [6.07, 6.45) is 1.57. The average molecular weight is 414 g/mol. The van der Waals surface area contributed by atoms with Gasteiger partial charge in [-0.1, -0.05) is 0 Å². The first-order valence-corrected chi connectivity index (χ1v) is 9.37. The Morgan fingerprint density at radius 2 is 1.87 bits per heavy atom. The number of amides is 1. The topological polar surface area (TPSA) is 108 Å². The normalized spacial score (nSPS) is 15.5. The molecule has 0 aliphatic carbocycles. The largest absolute Gasteiger partial charge is 0.497 e. The van der Waals surface area contributed by atoms with E-state index < -0.39 is 17.5 Å². The molecule has 0 unspecified atom stereocenters. The van der Waals surface area contributed by atoms with Gasteiger partial charge in [0.25, 0.3) is 11.6 Å². The first kappa shape index (κ1) is 21.1. The van der Waals surface area contributed by atoms with Crippen molar-refractivity contribution in [2.75, 3.05) is 27.4 Å². The van der Waals surface area contributed by atoms with Crippen LogP contribution in [0.5, 0.6) is 11.5 Å². The van der Waals surface area contributed by atoms with Gasteiger partial charge >= 0.3 is 5.97 Å². The predicted octanol–water partition coefficient (Wildman–Crippen LogP) is 3.13. The number of hydrogen-bond donors (Lipinski definition) is 0. The molecule has 1 saturated heterocycles. The van der Waals surface area contributed by atoms with Crippen LogP contribution in [0.2, 0.25) is 0 Å². The number of benzene rings is 2. The Balaban J connectivity index is 1.67. The standard InChI is InChI=1S/C21H22N2O7/c1-28-16-9-10-19(29-2)17(12-16)18-4-3-11-22(18)20(24)13-30-21(25)14-5-7-15(8-6-14)23(26)27/h5-10,12,18H,3-4,11,13H2,1-2H3/t18-/m0/s1. The molecule has 1 aliphatic heterocycles. The molecular weight excluding hydrogens is 392 g/mol. The fraction of sp³-hybridized carbons (Fsp3) is 0.333. The molecule has 30 heavy (non-hydrogen) atoms. The third kappa shape index (κ3) is 4.51. The Bertz CT molecular complexity index is 943. The molecule has 1 fully saturated rings. The van der Waals surface area contributed by atoms with Crippen molar-refractivity contribution in [3.63, 3.8) is 0 Å². The van der Waals surface area contributed by atoms with Crippen molar-refractivity contribution >= 4 is 17.6 Å². The van der Waals surface area contributed by atoms with Crippen molar-refractivity contribution in [2.45, 2.75) is 18.9 Å². The van der Waals surface area contributed by atoms with Gasteiger partial charge in [-0.05, 0) is 43.2 Å². The molecule has 0 N–H and O–H groups in total. The van der Waals surface area contributed by atoms with E-state index in [2.05, 4.69) is 0 Å². The lowest BCUT2D eigenvalue weighted by Gasteiger charge is -2.26. The van der Waals surface area contributed by atoms with Crippen molar-refractivity contribution in [2.24, 2.45) is 0 Å². The van der Waals surface area contributed by atoms with E-state index in [1.165, 1.54) is 24.3 Å². The SMILES string of the molecule is COc1ccc(OC)c([C@@H]2CCCN2C(=O)COC(=O)c2ccc([N+](=O)[O-])cc2)c1. The molecule has 2 aromatic carbocycles. The quantitative estimate of drug-likeness (QED) is 0.389. The van der Waals surface area contributed by atoms with Crippen LogP contribution in [-0.4, -0.2) is 49.1 Å². The lowest BCUT2D eigenvalue weighted by Crippen LogP contribution is -2.34. The molecule has 0 aromatic heterocycles. The Hall–Kier alpha value is -3.62. The summed E-state index contributed by atoms with van der Waals surface area (Å²) in [6.45, 7) is 0.123. The van der Waals surface area contributed by atoms with Crippen LogP contribution in [0.4, 0.5) is 5.69 Å². The first-order chi connectivity index (χ1) is 14.4. The van der Waals surface area contributed by atoms with Crippen molar-refractivity contribution in [1.82, 2.24) is 4.90 Å². The number of nitro groups is 1. The minimum Gasteiger partial charge on any atom is -0.497 e. The summed E-state index contributed by atoms with van der Waals surface area (Å²) >= 11 is 0. The fourth-order valence-electron chi connectivity index (χ4n) is 3.50. The molecule has 1 heterocycles. The van der Waals surface area contributed by atoms with E-state index in [9.17, 15) is 19.7 Å². The number of carbonyl (C=O) groups excluding carboxylic acids is 2. The Morgan fingerprint density at radius 3 is 2.50 bits per heavy atom. The lowest BCUT2D eigenvalue weighted by atomic mass is 10.0. The van der Waals surface area contributed by atoms with E-state index in [0.29, 0.717) is 18.0 Å². The predicted molar refractivity (Wildman–Crippen MR) is 107 cm³/mol. The Kier molecular flexibility index (Phi) is 6.51. The van der Waals surface area contributed by atoms with Gasteiger partial charge in [0.05, 0.1) is 30.7 Å². The number of methoxy groups -OCH3 is 2. The second-order valence-corrected chi connectivity index (χ2v) is 6.73. The molecule has 0 radical (unpaired) electrons. The summed E-state index contributed by atoms with van der Waals surface area (Å²) in [5.41, 5.74) is 0.847. The fourth-order valence-corrected chi connectivity index (χ4v) is 3.50. The van der Waals surface area contributed by atoms with E-state index in [1.807, 2.05) is 6.07 Å². The van der Waals surface area contributed by atoms with Crippen LogP contribution in [0.15, 0.2) is 42.5 Å². The second-order valence-electron chi connectivity index (χ2n) is 6.73. The number of nitro benzene ring substituents is 1. The lowest BCUT2D eigenvalue weighted by molar-refractivity contribution is -0.384. The van der Waals surface area contributed by atoms with Gasteiger partial charge in [0, 0.05) is 24.2 Å². The minimum absolute atomic E-state index is 0.130. The van der Waals surface area contributed by atoms with Crippen molar-refractivity contribution in [1.29, 1.82) is 0 Å². The van der Waals surface area contributed by atoms with Gasteiger partial charge in [-0.2, -0.15) is 0 Å². The van der Waals surface area contributed by atoms with Gasteiger partial charge < -0.3 is 19.1 Å². The molecule has 9 nitrogen and oxygen atoms in total. The maximum atomic E-state index is 12.7. The van der Waals surface area contributed by atoms with E-state index in [4.69, 9.17) is 14.2 Å². The first-order valence-electron chi connectivity index (χ1n) is 9.37. The summed E-state index contributed by atoms with van der Waals surface area (Å²) in [4.78, 5) is 36.7. The molecule has 0 spiro atoms. The highest BCUT2D eigenvalue weighted by atomic mass is 16.6. The monoisotopic (exact) mass is 414 g/mol. The van der Waals surface area contributed by atoms with Crippen LogP contribution in [0.25, 0.3) is 0 Å². The number of hydrogen-bond acceptors (Lipinski definition) is 7. The zero-order chi connectivity index (χ0) is 21.7. The van der Waals surface area contributed by atoms with Crippen LogP contribution >= 0.6 is 0 Å². The molecular formula is C21H22N2O7. The maximum absolute atomic E-state index is 12.7. The van der Waals surface area contributed by atoms with Gasteiger partial charge in [-0.25, -0.2) is 4.79 Å². The highest BCUT2D eigenvalue weighted by Crippen LogP contribution is 2.38. The molecule has 1 atom stereocenters. The highest BCUT2D eigenvalue weighted by Gasteiger charge is 2.32. The van der Waals surface area contributed by atoms with Crippen LogP contribution in [0, 0.1) is 10.1 Å². The second kappa shape index (κ2) is 9.25. The number of carbonyl (C=O) groups is 2. The Morgan fingerprint density at radius 1 is 1.13 bits per heavy atom. The smallest absolute Gasteiger partial charge is 0.338 e. The minimum atomic E-state index is -0.715. The average Bonchev–Trinajstić information content (AvgIpc) is 3.26. The number of likely N-dealkylation sites (tertiary alicyclic amines) is 1. The molecule has 0 bridgehead atoms. The van der Waals surface area contributed by atoms with Crippen LogP contribution in [0.3, 0.4) is 0 Å². The summed E-state index contributed by atoms with van der Waals surface area (Å²) < 4.78 is 15.9. The summed E-state index contributed by atoms with van der Waals surface area (Å²) in [7, 11) is 3.14. The van der Waals surface area contributed by atoms with Crippen LogP contribution in [-0.2, 0) is 9.53 Å². The van der Waals surface area contributed by atoms with Crippen molar-refractivity contribution in [3.8, 4) is 11.5 Å². The molecule has 2 aromatic rings. The van der Waals surface area contributed by atoms with Crippen LogP contribution < -0.4 is 9.47 Å². The van der Waals surface area contributed by atoms with Crippen molar-refractivity contribution in [3.05, 3.63) is 63.7 Å². The summed E-state index contributed by atoms with van der Waals surface area (Å²) in [5, 5.41) is 10.7. The zero-order valence-electron chi connectivity index (χ0n) is 16.7. The van der Waals surface area contributed by atoms with E-state index >= 15 is 0 Å². The third-order valence-corrected chi connectivity index (χ3v) is 5.01. The maximum Gasteiger partial charge on any atom is 0.338 e. The summed E-state index contributed by atoms with van der Waals surface area (Å²) in [6, 6.07) is 10.2. The number of ether oxygens (including phenoxy) is 3. The third-order valence-electron chi connectivity index (χ3n) is 5.01. The van der Waals surface area contributed by atoms with E-state index in [1.54, 1.807) is 31.3 Å². The van der Waals surface area contributed by atoms with Crippen molar-refractivity contribution < 1.29 is 28.7 Å². The summed E-state index contributed by atoms with van der Waals surface area (Å²) in [5.74, 6) is 0.281. The highest BCUT2D eigenvalue weighted by molar-refractivity contribution is 5.91. The molecule has 158 valence electrons. The molecule has 1 aliphatic rings. The molecule has 3 rings (SSSR count). The van der Waals surface area contributed by atoms with E-state index in [0.717, 1.165) is 18.4 Å².